The highest BCUT2D eigenvalue weighted by molar-refractivity contribution is 5.62. The maximum atomic E-state index is 9.93. The summed E-state index contributed by atoms with van der Waals surface area (Å²) in [6.07, 6.45) is -0.378. The first-order valence-electron chi connectivity index (χ1n) is 6.53. The molecule has 5 heteroatoms. The summed E-state index contributed by atoms with van der Waals surface area (Å²) in [5, 5.41) is 13.2. The highest BCUT2D eigenvalue weighted by Gasteiger charge is 2.24. The Bertz CT molecular complexity index is 425. The van der Waals surface area contributed by atoms with E-state index in [9.17, 15) is 5.11 Å². The van der Waals surface area contributed by atoms with Gasteiger partial charge in [-0.2, -0.15) is 0 Å². The Morgan fingerprint density at radius 3 is 2.74 bits per heavy atom. The topological polar surface area (TPSA) is 54.0 Å². The van der Waals surface area contributed by atoms with Crippen LogP contribution >= 0.6 is 0 Å². The number of anilines is 1. The van der Waals surface area contributed by atoms with Crippen LogP contribution in [-0.4, -0.2) is 51.1 Å². The molecule has 0 spiro atoms. The average Bonchev–Trinajstić information content (AvgIpc) is 2.59. The van der Waals surface area contributed by atoms with Crippen LogP contribution in [0.25, 0.3) is 0 Å². The van der Waals surface area contributed by atoms with Gasteiger partial charge >= 0.3 is 0 Å². The molecule has 1 aliphatic heterocycles. The predicted molar refractivity (Wildman–Crippen MR) is 75.2 cm³/mol. The van der Waals surface area contributed by atoms with Gasteiger partial charge < -0.3 is 24.8 Å². The zero-order valence-electron chi connectivity index (χ0n) is 11.7. The minimum Gasteiger partial charge on any atom is -0.497 e. The van der Waals surface area contributed by atoms with Gasteiger partial charge in [0.05, 0.1) is 26.0 Å². The number of hydrogen-bond donors (Lipinski definition) is 2. The smallest absolute Gasteiger partial charge is 0.145 e. The third-order valence-electron chi connectivity index (χ3n) is 3.46. The average molecular weight is 266 g/mol. The molecule has 1 aliphatic rings. The van der Waals surface area contributed by atoms with Gasteiger partial charge in [-0.1, -0.05) is 0 Å². The van der Waals surface area contributed by atoms with E-state index in [1.54, 1.807) is 14.2 Å². The van der Waals surface area contributed by atoms with Crippen molar-refractivity contribution in [1.29, 1.82) is 0 Å². The summed E-state index contributed by atoms with van der Waals surface area (Å²) in [5.74, 6) is 1.53. The summed E-state index contributed by atoms with van der Waals surface area (Å²) in [6, 6.07) is 6.05. The number of hydrogen-bond acceptors (Lipinski definition) is 5. The van der Waals surface area contributed by atoms with E-state index >= 15 is 0 Å². The first-order chi connectivity index (χ1) is 9.15. The third-order valence-corrected chi connectivity index (χ3v) is 3.46. The van der Waals surface area contributed by atoms with Crippen LogP contribution in [0.5, 0.6) is 11.5 Å². The molecule has 19 heavy (non-hydrogen) atoms. The van der Waals surface area contributed by atoms with Crippen LogP contribution in [0.15, 0.2) is 18.2 Å². The number of rotatable bonds is 3. The lowest BCUT2D eigenvalue weighted by Gasteiger charge is -2.31. The monoisotopic (exact) mass is 266 g/mol. The van der Waals surface area contributed by atoms with Gasteiger partial charge in [-0.3, -0.25) is 0 Å². The van der Waals surface area contributed by atoms with E-state index in [-0.39, 0.29) is 6.10 Å². The molecule has 0 radical (unpaired) electrons. The summed E-state index contributed by atoms with van der Waals surface area (Å²) in [7, 11) is 3.28. The van der Waals surface area contributed by atoms with Crippen LogP contribution < -0.4 is 19.7 Å². The number of aliphatic hydroxyl groups excluding tert-OH is 1. The molecule has 1 aromatic carbocycles. The van der Waals surface area contributed by atoms with Crippen molar-refractivity contribution in [2.45, 2.75) is 19.1 Å². The Kier molecular flexibility index (Phi) is 4.50. The zero-order valence-corrected chi connectivity index (χ0v) is 11.7. The highest BCUT2D eigenvalue weighted by atomic mass is 16.5. The molecule has 0 aromatic heterocycles. The number of benzene rings is 1. The normalized spacial score (nSPS) is 23.9. The van der Waals surface area contributed by atoms with Crippen molar-refractivity contribution in [3.05, 3.63) is 18.2 Å². The number of β-amino-alcohol motifs (C(OH)–C–C–N with tert-alkyl or cyclic N) is 1. The van der Waals surface area contributed by atoms with Crippen LogP contribution in [0.2, 0.25) is 0 Å². The van der Waals surface area contributed by atoms with Gasteiger partial charge in [0, 0.05) is 31.7 Å². The lowest BCUT2D eigenvalue weighted by molar-refractivity contribution is 0.184. The van der Waals surface area contributed by atoms with E-state index in [4.69, 9.17) is 9.47 Å². The van der Waals surface area contributed by atoms with Gasteiger partial charge in [0.15, 0.2) is 0 Å². The van der Waals surface area contributed by atoms with Crippen LogP contribution in [0, 0.1) is 0 Å². The molecule has 2 unspecified atom stereocenters. The summed E-state index contributed by atoms with van der Waals surface area (Å²) in [5.41, 5.74) is 0.985. The number of methoxy groups -OCH3 is 2. The Morgan fingerprint density at radius 2 is 2.05 bits per heavy atom. The van der Waals surface area contributed by atoms with E-state index in [2.05, 4.69) is 17.1 Å². The molecule has 1 aromatic rings. The van der Waals surface area contributed by atoms with E-state index in [1.807, 2.05) is 18.2 Å². The minimum atomic E-state index is -0.378. The highest BCUT2D eigenvalue weighted by Crippen LogP contribution is 2.33. The molecule has 1 heterocycles. The van der Waals surface area contributed by atoms with Crippen molar-refractivity contribution in [2.75, 3.05) is 38.8 Å². The van der Waals surface area contributed by atoms with Crippen LogP contribution in [0.3, 0.4) is 0 Å². The lowest BCUT2D eigenvalue weighted by Crippen LogP contribution is -2.39. The van der Waals surface area contributed by atoms with Crippen molar-refractivity contribution in [3.63, 3.8) is 0 Å². The van der Waals surface area contributed by atoms with E-state index in [0.717, 1.165) is 23.7 Å². The molecule has 2 rings (SSSR count). The van der Waals surface area contributed by atoms with E-state index in [1.165, 1.54) is 0 Å². The Balaban J connectivity index is 2.32. The molecular formula is C14H22N2O3. The standard InChI is InChI=1S/C14H22N2O3/c1-10-7-15-8-11(17)9-16(10)13-5-4-12(18-2)6-14(13)19-3/h4-6,10-11,15,17H,7-9H2,1-3H3. The molecule has 2 atom stereocenters. The SMILES string of the molecule is COc1ccc(N2CC(O)CNCC2C)c(OC)c1. The maximum Gasteiger partial charge on any atom is 0.145 e. The van der Waals surface area contributed by atoms with Crippen LogP contribution in [-0.2, 0) is 0 Å². The molecule has 1 saturated heterocycles. The van der Waals surface area contributed by atoms with Crippen LogP contribution in [0.1, 0.15) is 6.92 Å². The van der Waals surface area contributed by atoms with Crippen molar-refractivity contribution in [2.24, 2.45) is 0 Å². The first-order valence-corrected chi connectivity index (χ1v) is 6.53. The van der Waals surface area contributed by atoms with Gasteiger partial charge in [-0.15, -0.1) is 0 Å². The summed E-state index contributed by atoms with van der Waals surface area (Å²) >= 11 is 0. The molecule has 0 aliphatic carbocycles. The zero-order chi connectivity index (χ0) is 13.8. The summed E-state index contributed by atoms with van der Waals surface area (Å²) in [6.45, 7) is 4.19. The molecule has 1 fully saturated rings. The summed E-state index contributed by atoms with van der Waals surface area (Å²) in [4.78, 5) is 2.17. The van der Waals surface area contributed by atoms with Gasteiger partial charge in [0.1, 0.15) is 11.5 Å². The van der Waals surface area contributed by atoms with Gasteiger partial charge in [0.2, 0.25) is 0 Å². The number of ether oxygens (including phenoxy) is 2. The first kappa shape index (κ1) is 14.0. The van der Waals surface area contributed by atoms with E-state index < -0.39 is 0 Å². The number of aliphatic hydroxyl groups is 1. The molecule has 0 bridgehead atoms. The third kappa shape index (κ3) is 3.11. The fraction of sp³-hybridized carbons (Fsp3) is 0.571. The maximum absolute atomic E-state index is 9.93. The lowest BCUT2D eigenvalue weighted by atomic mass is 10.2. The van der Waals surface area contributed by atoms with Crippen LogP contribution in [0.4, 0.5) is 5.69 Å². The second kappa shape index (κ2) is 6.12. The van der Waals surface area contributed by atoms with Crippen molar-refractivity contribution in [1.82, 2.24) is 5.32 Å². The number of nitrogens with one attached hydrogen (secondary N) is 1. The quantitative estimate of drug-likeness (QED) is 0.850. The van der Waals surface area contributed by atoms with Crippen molar-refractivity contribution >= 4 is 5.69 Å². The molecule has 5 nitrogen and oxygen atoms in total. The van der Waals surface area contributed by atoms with Gasteiger partial charge in [-0.05, 0) is 19.1 Å². The molecule has 0 amide bonds. The van der Waals surface area contributed by atoms with Gasteiger partial charge in [-0.25, -0.2) is 0 Å². The Hall–Kier alpha value is -1.46. The molecular weight excluding hydrogens is 244 g/mol. The minimum absolute atomic E-state index is 0.291. The molecule has 2 N–H and O–H groups in total. The Morgan fingerprint density at radius 1 is 1.26 bits per heavy atom. The van der Waals surface area contributed by atoms with Gasteiger partial charge in [0.25, 0.3) is 0 Å². The van der Waals surface area contributed by atoms with E-state index in [0.29, 0.717) is 19.1 Å². The molecule has 0 saturated carbocycles. The van der Waals surface area contributed by atoms with Crippen molar-refractivity contribution in [3.8, 4) is 11.5 Å². The second-order valence-corrected chi connectivity index (χ2v) is 4.85. The van der Waals surface area contributed by atoms with Crippen molar-refractivity contribution < 1.29 is 14.6 Å². The second-order valence-electron chi connectivity index (χ2n) is 4.85. The summed E-state index contributed by atoms with van der Waals surface area (Å²) < 4.78 is 10.7. The fourth-order valence-corrected chi connectivity index (χ4v) is 2.40. The Labute approximate surface area is 114 Å². The fourth-order valence-electron chi connectivity index (χ4n) is 2.40. The molecule has 106 valence electrons. The predicted octanol–water partition coefficient (Wildman–Crippen LogP) is 0.863. The largest absolute Gasteiger partial charge is 0.497 e. The number of nitrogens with zero attached hydrogens (tertiary/aromatic N) is 1.